The Morgan fingerprint density at radius 2 is 0.875 bits per heavy atom. The highest BCUT2D eigenvalue weighted by Crippen LogP contribution is 2.64. The summed E-state index contributed by atoms with van der Waals surface area (Å²) in [6, 6.07) is 81.9. The van der Waals surface area contributed by atoms with E-state index in [-0.39, 0.29) is 0 Å². The van der Waals surface area contributed by atoms with Crippen molar-refractivity contribution < 1.29 is 0 Å². The van der Waals surface area contributed by atoms with Gasteiger partial charge in [0.2, 0.25) is 0 Å². The van der Waals surface area contributed by atoms with Crippen molar-refractivity contribution in [2.75, 3.05) is 9.80 Å². The molecule has 10 aromatic carbocycles. The molecule has 0 bridgehead atoms. The average Bonchev–Trinajstić information content (AvgIpc) is 3.78. The largest absolute Gasteiger partial charge is 0.310 e. The first-order chi connectivity index (χ1) is 31.3. The smallest absolute Gasteiger partial charge is 0.0776 e. The molecule has 0 aromatic heterocycles. The number of para-hydroxylation sites is 2. The first-order valence-corrected chi connectivity index (χ1v) is 26.0. The van der Waals surface area contributed by atoms with Gasteiger partial charge in [0, 0.05) is 34.1 Å². The van der Waals surface area contributed by atoms with E-state index in [1.54, 1.807) is 0 Å². The highest BCUT2D eigenvalue weighted by molar-refractivity contribution is 6.88. The summed E-state index contributed by atoms with van der Waals surface area (Å²) in [7, 11) is -1.57. The van der Waals surface area contributed by atoms with Crippen LogP contribution in [0.3, 0.4) is 0 Å². The molecular formula is C61H48N2Si. The minimum absolute atomic E-state index is 0.510. The van der Waals surface area contributed by atoms with Gasteiger partial charge >= 0.3 is 0 Å². The molecule has 12 rings (SSSR count). The predicted octanol–water partition coefficient (Wildman–Crippen LogP) is 16.1. The zero-order chi connectivity index (χ0) is 43.2. The number of anilines is 6. The Bertz CT molecular complexity index is 3410. The number of fused-ring (bicyclic) bond motifs is 13. The number of hydrogen-bond acceptors (Lipinski definition) is 2. The molecule has 10 aromatic rings. The van der Waals surface area contributed by atoms with E-state index in [9.17, 15) is 0 Å². The van der Waals surface area contributed by atoms with Crippen molar-refractivity contribution in [3.63, 3.8) is 0 Å². The van der Waals surface area contributed by atoms with Crippen LogP contribution in [0.15, 0.2) is 218 Å². The molecule has 1 spiro atoms. The third-order valence-electron chi connectivity index (χ3n) is 13.8. The molecule has 306 valence electrons. The predicted molar refractivity (Wildman–Crippen MR) is 275 cm³/mol. The van der Waals surface area contributed by atoms with Crippen LogP contribution < -0.4 is 15.0 Å². The van der Waals surface area contributed by atoms with Gasteiger partial charge in [-0.1, -0.05) is 158 Å². The minimum Gasteiger partial charge on any atom is -0.310 e. The number of nitrogens with zero attached hydrogens (tertiary/aromatic N) is 2. The van der Waals surface area contributed by atoms with E-state index >= 15 is 0 Å². The van der Waals surface area contributed by atoms with E-state index in [1.807, 2.05) is 0 Å². The lowest BCUT2D eigenvalue weighted by Crippen LogP contribution is -2.37. The fourth-order valence-corrected chi connectivity index (χ4v) is 12.1. The molecule has 2 aliphatic carbocycles. The van der Waals surface area contributed by atoms with Crippen LogP contribution in [0.2, 0.25) is 19.6 Å². The summed E-state index contributed by atoms with van der Waals surface area (Å²) < 4.78 is 0. The van der Waals surface area contributed by atoms with Crippen LogP contribution in [-0.2, 0) is 5.41 Å². The number of benzene rings is 10. The van der Waals surface area contributed by atoms with Gasteiger partial charge in [-0.15, -0.1) is 0 Å². The monoisotopic (exact) mass is 836 g/mol. The molecule has 3 heteroatoms. The Balaban J connectivity index is 1.10. The molecule has 0 unspecified atom stereocenters. The summed E-state index contributed by atoms with van der Waals surface area (Å²) in [6.07, 6.45) is 0. The highest BCUT2D eigenvalue weighted by Gasteiger charge is 2.52. The fourth-order valence-electron chi connectivity index (χ4n) is 10.9. The SMILES string of the molecule is Cc1cccc(N(c2ccccc2)c2ccc3c4c(ccc3c2)-c2cc3ccc(N(c5ccccc5)c5cccc([Si](C)(C)C)c5)cc3cc2C42c3ccccc3-c3ccccc32)c1. The Labute approximate surface area is 377 Å². The van der Waals surface area contributed by atoms with Crippen LogP contribution in [0.4, 0.5) is 34.1 Å². The van der Waals surface area contributed by atoms with Crippen LogP contribution in [0, 0.1) is 6.92 Å². The van der Waals surface area contributed by atoms with Crippen molar-refractivity contribution >= 4 is 68.9 Å². The maximum atomic E-state index is 2.53. The lowest BCUT2D eigenvalue weighted by Gasteiger charge is -2.32. The Morgan fingerprint density at radius 3 is 1.52 bits per heavy atom. The van der Waals surface area contributed by atoms with Crippen molar-refractivity contribution in [3.05, 3.63) is 246 Å². The van der Waals surface area contributed by atoms with E-state index in [2.05, 4.69) is 255 Å². The van der Waals surface area contributed by atoms with Gasteiger partial charge in [-0.3, -0.25) is 0 Å². The van der Waals surface area contributed by atoms with Crippen molar-refractivity contribution in [3.8, 4) is 22.3 Å². The topological polar surface area (TPSA) is 6.48 Å². The summed E-state index contributed by atoms with van der Waals surface area (Å²) >= 11 is 0. The van der Waals surface area contributed by atoms with Crippen molar-refractivity contribution in [2.24, 2.45) is 0 Å². The van der Waals surface area contributed by atoms with Crippen LogP contribution in [-0.4, -0.2) is 8.07 Å². The normalized spacial score (nSPS) is 13.1. The maximum Gasteiger partial charge on any atom is 0.0776 e. The molecule has 0 N–H and O–H groups in total. The summed E-state index contributed by atoms with van der Waals surface area (Å²) in [5.74, 6) is 0. The van der Waals surface area contributed by atoms with Gasteiger partial charge in [0.1, 0.15) is 0 Å². The molecule has 0 atom stereocenters. The third kappa shape index (κ3) is 5.84. The number of hydrogen-bond donors (Lipinski definition) is 0. The van der Waals surface area contributed by atoms with Gasteiger partial charge in [0.15, 0.2) is 0 Å². The van der Waals surface area contributed by atoms with Gasteiger partial charge in [-0.25, -0.2) is 0 Å². The van der Waals surface area contributed by atoms with E-state index < -0.39 is 13.5 Å². The molecule has 64 heavy (non-hydrogen) atoms. The fraction of sp³-hybridized carbons (Fsp3) is 0.0820. The van der Waals surface area contributed by atoms with Crippen molar-refractivity contribution in [2.45, 2.75) is 32.0 Å². The molecule has 2 nitrogen and oxygen atoms in total. The number of rotatable bonds is 7. The number of aryl methyl sites for hydroxylation is 1. The second-order valence-electron chi connectivity index (χ2n) is 18.6. The zero-order valence-corrected chi connectivity index (χ0v) is 37.7. The van der Waals surface area contributed by atoms with Crippen LogP contribution in [0.25, 0.3) is 43.8 Å². The first-order valence-electron chi connectivity index (χ1n) is 22.5. The first kappa shape index (κ1) is 38.2. The summed E-state index contributed by atoms with van der Waals surface area (Å²) in [6.45, 7) is 9.45. The molecule has 0 amide bonds. The molecule has 0 fully saturated rings. The van der Waals surface area contributed by atoms with Gasteiger partial charge in [0.25, 0.3) is 0 Å². The van der Waals surface area contributed by atoms with Gasteiger partial charge < -0.3 is 9.80 Å². The van der Waals surface area contributed by atoms with Crippen LogP contribution in [0.1, 0.15) is 27.8 Å². The lowest BCUT2D eigenvalue weighted by molar-refractivity contribution is 0.802. The minimum atomic E-state index is -1.57. The highest BCUT2D eigenvalue weighted by atomic mass is 28.3. The third-order valence-corrected chi connectivity index (χ3v) is 15.8. The van der Waals surface area contributed by atoms with Crippen LogP contribution in [0.5, 0.6) is 0 Å². The van der Waals surface area contributed by atoms with E-state index in [4.69, 9.17) is 0 Å². The summed E-state index contributed by atoms with van der Waals surface area (Å²) in [5, 5.41) is 6.43. The standard InChI is InChI=1S/C61H48N2Si/c1-41-17-15-22-47(35-41)62(45-18-7-5-8-19-45)50-32-34-52-43(36-50)30-33-55-56-38-42-29-31-49(63(46-20-9-6-10-21-46)48-23-16-24-51(40-48)64(2,3)4)37-44(42)39-59(56)61(60(52)55)57-27-13-11-25-53(57)54-26-12-14-28-58(54)61/h5-40H,1-4H3. The average molecular weight is 837 g/mol. The lowest BCUT2D eigenvalue weighted by atomic mass is 9.69. The molecule has 0 heterocycles. The second-order valence-corrected chi connectivity index (χ2v) is 23.7. The van der Waals surface area contributed by atoms with Gasteiger partial charge in [-0.2, -0.15) is 0 Å². The van der Waals surface area contributed by atoms with Crippen molar-refractivity contribution in [1.82, 2.24) is 0 Å². The van der Waals surface area contributed by atoms with E-state index in [0.717, 1.165) is 28.4 Å². The zero-order valence-electron chi connectivity index (χ0n) is 36.7. The Kier molecular flexibility index (Phi) is 8.69. The van der Waals surface area contributed by atoms with Crippen molar-refractivity contribution in [1.29, 1.82) is 0 Å². The molecule has 2 aliphatic rings. The van der Waals surface area contributed by atoms with Gasteiger partial charge in [0.05, 0.1) is 13.5 Å². The molecular weight excluding hydrogens is 789 g/mol. The molecule has 0 radical (unpaired) electrons. The molecule has 0 saturated heterocycles. The van der Waals surface area contributed by atoms with Gasteiger partial charge in [-0.05, 0) is 163 Å². The van der Waals surface area contributed by atoms with E-state index in [0.29, 0.717) is 0 Å². The molecule has 0 aliphatic heterocycles. The Morgan fingerprint density at radius 1 is 0.344 bits per heavy atom. The Hall–Kier alpha value is -7.46. The molecule has 0 saturated carbocycles. The summed E-state index contributed by atoms with van der Waals surface area (Å²) in [5.41, 5.74) is 18.3. The quantitative estimate of drug-likeness (QED) is 0.148. The van der Waals surface area contributed by atoms with E-state index in [1.165, 1.54) is 82.5 Å². The second kappa shape index (κ2) is 14.6. The van der Waals surface area contributed by atoms with Crippen LogP contribution >= 0.6 is 0 Å². The summed E-state index contributed by atoms with van der Waals surface area (Å²) in [4.78, 5) is 4.82. The maximum absolute atomic E-state index is 2.53.